The molecular weight excluding hydrogens is 384 g/mol. The average molecular weight is 408 g/mol. The smallest absolute Gasteiger partial charge is 0.320 e. The lowest BCUT2D eigenvalue weighted by Gasteiger charge is -2.34. The maximum Gasteiger partial charge on any atom is 0.320 e. The molecule has 2 fully saturated rings. The van der Waals surface area contributed by atoms with Crippen molar-refractivity contribution in [1.82, 2.24) is 39.3 Å². The zero-order chi connectivity index (χ0) is 20.7. The van der Waals surface area contributed by atoms with E-state index in [1.807, 2.05) is 28.2 Å². The molecule has 0 bridgehead atoms. The van der Waals surface area contributed by atoms with Gasteiger partial charge >= 0.3 is 6.03 Å². The normalized spacial score (nSPS) is 18.7. The molecule has 0 spiro atoms. The van der Waals surface area contributed by atoms with Crippen LogP contribution >= 0.6 is 0 Å². The number of ether oxygens (including phenoxy) is 1. The van der Waals surface area contributed by atoms with E-state index in [-0.39, 0.29) is 12.1 Å². The van der Waals surface area contributed by atoms with Crippen LogP contribution in [0.5, 0.6) is 5.88 Å². The minimum absolute atomic E-state index is 0.105. The Balaban J connectivity index is 1.41. The number of aromatic nitrogens is 6. The summed E-state index contributed by atoms with van der Waals surface area (Å²) >= 11 is 0. The fourth-order valence-corrected chi connectivity index (χ4v) is 3.89. The van der Waals surface area contributed by atoms with E-state index in [9.17, 15) is 4.79 Å². The molecule has 3 aromatic heterocycles. The zero-order valence-electron chi connectivity index (χ0n) is 17.2. The lowest BCUT2D eigenvalue weighted by molar-refractivity contribution is 0.128. The van der Waals surface area contributed by atoms with Crippen LogP contribution in [0.4, 0.5) is 4.79 Å². The van der Waals surface area contributed by atoms with Crippen molar-refractivity contribution in [3.8, 4) is 17.3 Å². The molecule has 0 aromatic carbocycles. The second-order valence-corrected chi connectivity index (χ2v) is 7.65. The summed E-state index contributed by atoms with van der Waals surface area (Å²) in [5, 5.41) is 0. The van der Waals surface area contributed by atoms with E-state index in [0.29, 0.717) is 42.5 Å². The van der Waals surface area contributed by atoms with E-state index in [1.165, 1.54) is 6.33 Å². The summed E-state index contributed by atoms with van der Waals surface area (Å²) in [6, 6.07) is 0.108. The lowest BCUT2D eigenvalue weighted by Crippen LogP contribution is -2.49. The number of nitrogens with zero attached hydrogens (tertiary/aromatic N) is 8. The summed E-state index contributed by atoms with van der Waals surface area (Å²) in [5.41, 5.74) is 2.14. The summed E-state index contributed by atoms with van der Waals surface area (Å²) in [4.78, 5) is 38.3. The van der Waals surface area contributed by atoms with Crippen LogP contribution in [0, 0.1) is 6.92 Å². The number of hydrogen-bond donors (Lipinski definition) is 0. The number of amides is 2. The van der Waals surface area contributed by atoms with Crippen LogP contribution in [0.15, 0.2) is 18.7 Å². The maximum atomic E-state index is 12.4. The number of carbonyl (C=O) groups is 1. The van der Waals surface area contributed by atoms with E-state index < -0.39 is 0 Å². The first-order valence-electron chi connectivity index (χ1n) is 10.3. The van der Waals surface area contributed by atoms with E-state index in [1.54, 1.807) is 12.4 Å². The van der Waals surface area contributed by atoms with Crippen molar-refractivity contribution in [1.29, 1.82) is 0 Å². The Morgan fingerprint density at radius 2 is 1.93 bits per heavy atom. The molecule has 30 heavy (non-hydrogen) atoms. The Morgan fingerprint density at radius 1 is 1.13 bits per heavy atom. The van der Waals surface area contributed by atoms with Gasteiger partial charge in [-0.2, -0.15) is 4.98 Å². The molecule has 2 aliphatic heterocycles. The number of imidazole rings is 1. The number of likely N-dealkylation sites (tertiary alicyclic amines) is 2. The van der Waals surface area contributed by atoms with Crippen molar-refractivity contribution in [2.45, 2.75) is 39.3 Å². The molecule has 10 heteroatoms. The zero-order valence-corrected chi connectivity index (χ0v) is 17.2. The van der Waals surface area contributed by atoms with E-state index in [2.05, 4.69) is 19.9 Å². The number of hydrogen-bond acceptors (Lipinski definition) is 7. The Labute approximate surface area is 173 Å². The van der Waals surface area contributed by atoms with Crippen LogP contribution in [0.3, 0.4) is 0 Å². The van der Waals surface area contributed by atoms with Crippen LogP contribution in [-0.4, -0.2) is 77.6 Å². The molecule has 0 saturated carbocycles. The monoisotopic (exact) mass is 408 g/mol. The topological polar surface area (TPSA) is 102 Å². The van der Waals surface area contributed by atoms with Gasteiger partial charge in [-0.3, -0.25) is 0 Å². The van der Waals surface area contributed by atoms with Crippen LogP contribution < -0.4 is 4.74 Å². The van der Waals surface area contributed by atoms with Gasteiger partial charge in [-0.15, -0.1) is 0 Å². The third-order valence-electron chi connectivity index (χ3n) is 5.67. The Kier molecular flexibility index (Phi) is 4.68. The van der Waals surface area contributed by atoms with Gasteiger partial charge in [-0.05, 0) is 20.3 Å². The highest BCUT2D eigenvalue weighted by Crippen LogP contribution is 2.29. The van der Waals surface area contributed by atoms with Crippen molar-refractivity contribution in [3.05, 3.63) is 24.5 Å². The lowest BCUT2D eigenvalue weighted by atomic mass is 10.2. The second kappa shape index (κ2) is 7.51. The Bertz CT molecular complexity index is 1080. The molecular formula is C20H24N8O2. The van der Waals surface area contributed by atoms with E-state index in [0.717, 1.165) is 37.3 Å². The highest BCUT2D eigenvalue weighted by Gasteiger charge is 2.33. The molecule has 0 N–H and O–H groups in total. The summed E-state index contributed by atoms with van der Waals surface area (Å²) < 4.78 is 8.20. The quantitative estimate of drug-likeness (QED) is 0.649. The summed E-state index contributed by atoms with van der Waals surface area (Å²) in [7, 11) is 0. The first-order valence-corrected chi connectivity index (χ1v) is 10.3. The van der Waals surface area contributed by atoms with Gasteiger partial charge in [0.2, 0.25) is 5.88 Å². The minimum atomic E-state index is -0.105. The Hall–Kier alpha value is -3.30. The predicted octanol–water partition coefficient (Wildman–Crippen LogP) is 1.89. The van der Waals surface area contributed by atoms with Gasteiger partial charge in [0, 0.05) is 45.0 Å². The Morgan fingerprint density at radius 3 is 2.63 bits per heavy atom. The standard InChI is InChI=1S/C20H24N8O2/c1-3-28-17(14-9-21-13(2)22-10-14)25-16-18(28)23-12-24-19(16)30-15-5-8-27(11-15)20(29)26-6-4-7-26/h9-10,12,15H,3-8,11H2,1-2H3/t15-/m0/s1. The fourth-order valence-electron chi connectivity index (χ4n) is 3.89. The fraction of sp³-hybridized carbons (Fsp3) is 0.500. The van der Waals surface area contributed by atoms with Crippen molar-refractivity contribution >= 4 is 17.2 Å². The molecule has 2 aliphatic rings. The van der Waals surface area contributed by atoms with Crippen molar-refractivity contribution in [3.63, 3.8) is 0 Å². The molecule has 3 aromatic rings. The highest BCUT2D eigenvalue weighted by atomic mass is 16.5. The molecule has 156 valence electrons. The van der Waals surface area contributed by atoms with Crippen LogP contribution in [0.25, 0.3) is 22.6 Å². The van der Waals surface area contributed by atoms with Crippen LogP contribution in [0.2, 0.25) is 0 Å². The first kappa shape index (κ1) is 18.7. The first-order chi connectivity index (χ1) is 14.6. The van der Waals surface area contributed by atoms with Crippen LogP contribution in [-0.2, 0) is 6.54 Å². The highest BCUT2D eigenvalue weighted by molar-refractivity contribution is 5.81. The summed E-state index contributed by atoms with van der Waals surface area (Å²) in [6.45, 7) is 7.55. The number of urea groups is 1. The van der Waals surface area contributed by atoms with Crippen molar-refractivity contribution in [2.24, 2.45) is 0 Å². The van der Waals surface area contributed by atoms with Crippen molar-refractivity contribution < 1.29 is 9.53 Å². The molecule has 1 atom stereocenters. The molecule has 5 rings (SSSR count). The van der Waals surface area contributed by atoms with Gasteiger partial charge < -0.3 is 19.1 Å². The second-order valence-electron chi connectivity index (χ2n) is 7.65. The minimum Gasteiger partial charge on any atom is -0.471 e. The molecule has 5 heterocycles. The van der Waals surface area contributed by atoms with Gasteiger partial charge in [0.05, 0.1) is 12.1 Å². The van der Waals surface area contributed by atoms with Gasteiger partial charge in [0.1, 0.15) is 24.1 Å². The summed E-state index contributed by atoms with van der Waals surface area (Å²) in [6.07, 6.45) is 6.79. The van der Waals surface area contributed by atoms with Gasteiger partial charge in [0.15, 0.2) is 11.2 Å². The third-order valence-corrected chi connectivity index (χ3v) is 5.67. The molecule has 0 unspecified atom stereocenters. The maximum absolute atomic E-state index is 12.4. The largest absolute Gasteiger partial charge is 0.471 e. The van der Waals surface area contributed by atoms with Gasteiger partial charge in [0.25, 0.3) is 0 Å². The van der Waals surface area contributed by atoms with Gasteiger partial charge in [-0.1, -0.05) is 0 Å². The van der Waals surface area contributed by atoms with Gasteiger partial charge in [-0.25, -0.2) is 24.7 Å². The number of fused-ring (bicyclic) bond motifs is 1. The predicted molar refractivity (Wildman–Crippen MR) is 109 cm³/mol. The molecule has 0 radical (unpaired) electrons. The van der Waals surface area contributed by atoms with Crippen molar-refractivity contribution in [2.75, 3.05) is 26.2 Å². The molecule has 2 amide bonds. The molecule has 2 saturated heterocycles. The molecule has 0 aliphatic carbocycles. The average Bonchev–Trinajstić information content (AvgIpc) is 3.32. The SMILES string of the molecule is CCn1c(-c2cnc(C)nc2)nc2c(O[C@H]3CCN(C(=O)N4CCC4)C3)ncnc21. The van der Waals surface area contributed by atoms with E-state index in [4.69, 9.17) is 9.72 Å². The number of aryl methyl sites for hydroxylation is 2. The molecule has 10 nitrogen and oxygen atoms in total. The number of rotatable bonds is 4. The van der Waals surface area contributed by atoms with E-state index >= 15 is 0 Å². The third kappa shape index (κ3) is 3.21. The van der Waals surface area contributed by atoms with Crippen LogP contribution in [0.1, 0.15) is 25.6 Å². The number of carbonyl (C=O) groups excluding carboxylic acids is 1. The summed E-state index contributed by atoms with van der Waals surface area (Å²) in [5.74, 6) is 1.89.